The third-order valence-electron chi connectivity index (χ3n) is 4.56. The molecule has 0 amide bonds. The topological polar surface area (TPSA) is 58.1 Å². The highest BCUT2D eigenvalue weighted by molar-refractivity contribution is 7.10. The molecule has 3 rings (SSSR count). The second-order valence-corrected chi connectivity index (χ2v) is 7.32. The number of methoxy groups -OCH3 is 1. The number of thiophene rings is 1. The standard InChI is InChI=1S/C20H28N4O2S/c1-4-26-18-13-16(5-6-17(18)25-3)23-20(21-2)22-9-11-24-10-7-19-15(14-24)8-12-27-19/h5-6,8,12-13H,4,7,9-11,14H2,1-3H3,(H2,21,22,23). The number of fused-ring (bicyclic) bond motifs is 1. The molecular weight excluding hydrogens is 360 g/mol. The Bertz CT molecular complexity index is 775. The highest BCUT2D eigenvalue weighted by atomic mass is 32.1. The maximum absolute atomic E-state index is 5.64. The molecule has 7 heteroatoms. The van der Waals surface area contributed by atoms with Crippen LogP contribution >= 0.6 is 11.3 Å². The number of aliphatic imine (C=N–C) groups is 1. The van der Waals surface area contributed by atoms with Gasteiger partial charge in [-0.25, -0.2) is 0 Å². The fourth-order valence-electron chi connectivity index (χ4n) is 3.17. The van der Waals surface area contributed by atoms with Crippen molar-refractivity contribution in [3.63, 3.8) is 0 Å². The minimum atomic E-state index is 0.592. The van der Waals surface area contributed by atoms with Crippen LogP contribution in [0.15, 0.2) is 34.6 Å². The van der Waals surface area contributed by atoms with Crippen LogP contribution in [-0.4, -0.2) is 51.3 Å². The van der Waals surface area contributed by atoms with Crippen molar-refractivity contribution in [1.29, 1.82) is 0 Å². The monoisotopic (exact) mass is 388 g/mol. The van der Waals surface area contributed by atoms with Crippen molar-refractivity contribution in [3.05, 3.63) is 40.1 Å². The average Bonchev–Trinajstić information content (AvgIpc) is 3.15. The van der Waals surface area contributed by atoms with Crippen LogP contribution < -0.4 is 20.1 Å². The Kier molecular flexibility index (Phi) is 6.95. The normalized spacial score (nSPS) is 14.6. The van der Waals surface area contributed by atoms with E-state index in [-0.39, 0.29) is 0 Å². The van der Waals surface area contributed by atoms with Gasteiger partial charge in [0.15, 0.2) is 17.5 Å². The van der Waals surface area contributed by atoms with Crippen molar-refractivity contribution in [3.8, 4) is 11.5 Å². The molecule has 0 saturated carbocycles. The van der Waals surface area contributed by atoms with E-state index >= 15 is 0 Å². The van der Waals surface area contributed by atoms with Gasteiger partial charge in [-0.05, 0) is 42.5 Å². The van der Waals surface area contributed by atoms with Gasteiger partial charge in [-0.15, -0.1) is 11.3 Å². The number of nitrogens with one attached hydrogen (secondary N) is 2. The Balaban J connectivity index is 1.50. The molecule has 0 saturated heterocycles. The van der Waals surface area contributed by atoms with Crippen LogP contribution in [0.25, 0.3) is 0 Å². The van der Waals surface area contributed by atoms with Gasteiger partial charge in [0.05, 0.1) is 13.7 Å². The maximum atomic E-state index is 5.64. The number of benzene rings is 1. The molecule has 2 aromatic rings. The molecule has 0 fully saturated rings. The van der Waals surface area contributed by atoms with Gasteiger partial charge in [0.1, 0.15) is 0 Å². The highest BCUT2D eigenvalue weighted by Crippen LogP contribution is 2.30. The summed E-state index contributed by atoms with van der Waals surface area (Å²) in [6.45, 7) is 6.55. The number of rotatable bonds is 7. The van der Waals surface area contributed by atoms with Crippen molar-refractivity contribution in [2.75, 3.05) is 45.7 Å². The lowest BCUT2D eigenvalue weighted by molar-refractivity contribution is 0.260. The van der Waals surface area contributed by atoms with Crippen LogP contribution in [0.1, 0.15) is 17.4 Å². The quantitative estimate of drug-likeness (QED) is 0.563. The van der Waals surface area contributed by atoms with E-state index in [9.17, 15) is 0 Å². The molecule has 1 aliphatic rings. The van der Waals surface area contributed by atoms with Crippen molar-refractivity contribution in [1.82, 2.24) is 10.2 Å². The fraction of sp³-hybridized carbons (Fsp3) is 0.450. The minimum absolute atomic E-state index is 0.592. The Morgan fingerprint density at radius 2 is 2.19 bits per heavy atom. The molecule has 1 aromatic heterocycles. The predicted octanol–water partition coefficient (Wildman–Crippen LogP) is 3.20. The first-order valence-corrected chi connectivity index (χ1v) is 10.2. The van der Waals surface area contributed by atoms with E-state index in [2.05, 4.69) is 32.0 Å². The third kappa shape index (κ3) is 5.14. The molecular formula is C20H28N4O2S. The van der Waals surface area contributed by atoms with Crippen LogP contribution in [0, 0.1) is 0 Å². The number of ether oxygens (including phenoxy) is 2. The van der Waals surface area contributed by atoms with E-state index in [0.29, 0.717) is 6.61 Å². The van der Waals surface area contributed by atoms with E-state index in [4.69, 9.17) is 9.47 Å². The third-order valence-corrected chi connectivity index (χ3v) is 5.58. The molecule has 0 radical (unpaired) electrons. The number of nitrogens with zero attached hydrogens (tertiary/aromatic N) is 2. The zero-order chi connectivity index (χ0) is 19.1. The van der Waals surface area contributed by atoms with Crippen molar-refractivity contribution in [2.45, 2.75) is 19.9 Å². The van der Waals surface area contributed by atoms with E-state index in [1.54, 1.807) is 19.0 Å². The van der Waals surface area contributed by atoms with E-state index in [1.807, 2.05) is 36.5 Å². The molecule has 146 valence electrons. The van der Waals surface area contributed by atoms with Gasteiger partial charge in [-0.1, -0.05) is 0 Å². The summed E-state index contributed by atoms with van der Waals surface area (Å²) in [5.74, 6) is 2.19. The van der Waals surface area contributed by atoms with Crippen LogP contribution in [0.4, 0.5) is 5.69 Å². The largest absolute Gasteiger partial charge is 0.493 e. The van der Waals surface area contributed by atoms with Gasteiger partial charge in [-0.3, -0.25) is 9.89 Å². The molecule has 27 heavy (non-hydrogen) atoms. The minimum Gasteiger partial charge on any atom is -0.493 e. The summed E-state index contributed by atoms with van der Waals surface area (Å²) in [6.07, 6.45) is 1.16. The van der Waals surface area contributed by atoms with Gasteiger partial charge in [-0.2, -0.15) is 0 Å². The molecule has 6 nitrogen and oxygen atoms in total. The molecule has 1 aromatic carbocycles. The first-order valence-electron chi connectivity index (χ1n) is 9.29. The Labute approximate surface area is 165 Å². The van der Waals surface area contributed by atoms with Crippen LogP contribution in [-0.2, 0) is 13.0 Å². The van der Waals surface area contributed by atoms with E-state index in [0.717, 1.165) is 55.7 Å². The average molecular weight is 389 g/mol. The Hall–Kier alpha value is -2.25. The lowest BCUT2D eigenvalue weighted by Crippen LogP contribution is -2.39. The summed E-state index contributed by atoms with van der Waals surface area (Å²) in [4.78, 5) is 8.34. The van der Waals surface area contributed by atoms with E-state index in [1.165, 1.54) is 5.56 Å². The molecule has 0 unspecified atom stereocenters. The Morgan fingerprint density at radius 1 is 1.30 bits per heavy atom. The maximum Gasteiger partial charge on any atom is 0.195 e. The predicted molar refractivity (Wildman–Crippen MR) is 112 cm³/mol. The van der Waals surface area contributed by atoms with Gasteiger partial charge < -0.3 is 20.1 Å². The number of guanidine groups is 1. The summed E-state index contributed by atoms with van der Waals surface area (Å²) < 4.78 is 11.0. The number of hydrogen-bond donors (Lipinski definition) is 2. The molecule has 0 spiro atoms. The van der Waals surface area contributed by atoms with Crippen LogP contribution in [0.2, 0.25) is 0 Å². The lowest BCUT2D eigenvalue weighted by atomic mass is 10.1. The first-order chi connectivity index (χ1) is 13.2. The van der Waals surface area contributed by atoms with Crippen molar-refractivity contribution < 1.29 is 9.47 Å². The van der Waals surface area contributed by atoms with E-state index < -0.39 is 0 Å². The van der Waals surface area contributed by atoms with Gasteiger partial charge in [0.25, 0.3) is 0 Å². The summed E-state index contributed by atoms with van der Waals surface area (Å²) in [5.41, 5.74) is 2.39. The summed E-state index contributed by atoms with van der Waals surface area (Å²) in [5, 5.41) is 8.90. The molecule has 1 aliphatic heterocycles. The molecule has 0 atom stereocenters. The van der Waals surface area contributed by atoms with Gasteiger partial charge in [0, 0.05) is 49.9 Å². The fourth-order valence-corrected chi connectivity index (χ4v) is 4.06. The highest BCUT2D eigenvalue weighted by Gasteiger charge is 2.16. The summed E-state index contributed by atoms with van der Waals surface area (Å²) in [7, 11) is 3.42. The zero-order valence-electron chi connectivity index (χ0n) is 16.2. The second kappa shape index (κ2) is 9.62. The smallest absolute Gasteiger partial charge is 0.195 e. The summed E-state index contributed by atoms with van der Waals surface area (Å²) >= 11 is 1.88. The molecule has 0 bridgehead atoms. The molecule has 0 aliphatic carbocycles. The molecule has 2 heterocycles. The summed E-state index contributed by atoms with van der Waals surface area (Å²) in [6, 6.07) is 8.03. The van der Waals surface area contributed by atoms with Crippen LogP contribution in [0.5, 0.6) is 11.5 Å². The van der Waals surface area contributed by atoms with Gasteiger partial charge >= 0.3 is 0 Å². The molecule has 2 N–H and O–H groups in total. The number of hydrogen-bond acceptors (Lipinski definition) is 5. The van der Waals surface area contributed by atoms with Crippen molar-refractivity contribution >= 4 is 23.0 Å². The first kappa shape index (κ1) is 19.5. The lowest BCUT2D eigenvalue weighted by Gasteiger charge is -2.27. The zero-order valence-corrected chi connectivity index (χ0v) is 17.1. The number of anilines is 1. The van der Waals surface area contributed by atoms with Crippen molar-refractivity contribution in [2.24, 2.45) is 4.99 Å². The second-order valence-electron chi connectivity index (χ2n) is 6.32. The van der Waals surface area contributed by atoms with Gasteiger partial charge in [0.2, 0.25) is 0 Å². The van der Waals surface area contributed by atoms with Crippen LogP contribution in [0.3, 0.4) is 0 Å². The SMILES string of the molecule is CCOc1cc(NC(=NC)NCCN2CCc3sccc3C2)ccc1OC. The Morgan fingerprint density at radius 3 is 2.96 bits per heavy atom.